The number of halogens is 1. The average Bonchev–Trinajstić information content (AvgIpc) is 3.20. The van der Waals surface area contributed by atoms with Crippen LogP contribution in [0.5, 0.6) is 0 Å². The molecule has 2 atom stereocenters. The van der Waals surface area contributed by atoms with E-state index in [1.54, 1.807) is 0 Å². The smallest absolute Gasteiger partial charge is 0.223 e. The van der Waals surface area contributed by atoms with Gasteiger partial charge in [-0.25, -0.2) is 14.4 Å². The normalized spacial score (nSPS) is 23.5. The third-order valence-electron chi connectivity index (χ3n) is 5.95. The summed E-state index contributed by atoms with van der Waals surface area (Å²) in [5.74, 6) is -0.519. The molecule has 1 amide bonds. The molecule has 2 aromatic heterocycles. The number of aromatic nitrogens is 4. The van der Waals surface area contributed by atoms with Crippen molar-refractivity contribution in [1.82, 2.24) is 19.7 Å². The molecule has 3 N–H and O–H groups in total. The molecule has 2 unspecified atom stereocenters. The van der Waals surface area contributed by atoms with Crippen LogP contribution < -0.4 is 11.1 Å². The first-order chi connectivity index (χ1) is 13.6. The molecule has 2 aliphatic rings. The monoisotopic (exact) mass is 386 g/mol. The number of carbonyl (C=O) groups is 1. The minimum Gasteiger partial charge on any atom is -0.369 e. The predicted octanol–water partition coefficient (Wildman–Crippen LogP) is 3.44. The summed E-state index contributed by atoms with van der Waals surface area (Å²) in [6, 6.07) is 2.26. The van der Waals surface area contributed by atoms with Crippen LogP contribution in [0.25, 0.3) is 11.4 Å². The Balaban J connectivity index is 1.49. The first kappa shape index (κ1) is 18.8. The maximum Gasteiger partial charge on any atom is 0.223 e. The number of nitrogens with one attached hydrogen (secondary N) is 1. The van der Waals surface area contributed by atoms with Gasteiger partial charge in [0.15, 0.2) is 5.82 Å². The van der Waals surface area contributed by atoms with E-state index in [9.17, 15) is 9.18 Å². The second-order valence-corrected chi connectivity index (χ2v) is 7.97. The number of primary amides is 1. The molecule has 2 aliphatic carbocycles. The van der Waals surface area contributed by atoms with Crippen molar-refractivity contribution in [1.29, 1.82) is 0 Å². The predicted molar refractivity (Wildman–Crippen MR) is 104 cm³/mol. The third kappa shape index (κ3) is 4.15. The van der Waals surface area contributed by atoms with Gasteiger partial charge in [0.2, 0.25) is 11.9 Å². The van der Waals surface area contributed by atoms with Crippen molar-refractivity contribution < 1.29 is 9.18 Å². The maximum absolute atomic E-state index is 14.4. The van der Waals surface area contributed by atoms with E-state index in [1.165, 1.54) is 25.5 Å². The number of hydrogen-bond acceptors (Lipinski definition) is 5. The first-order valence-corrected chi connectivity index (χ1v) is 10.2. The number of hydrogen-bond donors (Lipinski definition) is 2. The molecule has 0 bridgehead atoms. The van der Waals surface area contributed by atoms with Crippen LogP contribution in [0, 0.1) is 11.7 Å². The zero-order valence-electron chi connectivity index (χ0n) is 16.0. The van der Waals surface area contributed by atoms with Gasteiger partial charge in [-0.3, -0.25) is 9.48 Å². The quantitative estimate of drug-likeness (QED) is 0.820. The van der Waals surface area contributed by atoms with Crippen LogP contribution in [0.2, 0.25) is 0 Å². The van der Waals surface area contributed by atoms with Crippen molar-refractivity contribution in [2.24, 2.45) is 11.7 Å². The molecule has 0 spiro atoms. The van der Waals surface area contributed by atoms with Crippen LogP contribution >= 0.6 is 0 Å². The lowest BCUT2D eigenvalue weighted by Gasteiger charge is -2.27. The Morgan fingerprint density at radius 2 is 2.00 bits per heavy atom. The minimum atomic E-state index is -0.488. The van der Waals surface area contributed by atoms with Crippen LogP contribution in [0.3, 0.4) is 0 Å². The fourth-order valence-electron chi connectivity index (χ4n) is 4.39. The second-order valence-electron chi connectivity index (χ2n) is 7.97. The van der Waals surface area contributed by atoms with Crippen LogP contribution in [0.1, 0.15) is 63.8 Å². The number of amides is 1. The van der Waals surface area contributed by atoms with E-state index < -0.39 is 5.82 Å². The van der Waals surface area contributed by atoms with Crippen LogP contribution in [-0.2, 0) is 4.79 Å². The summed E-state index contributed by atoms with van der Waals surface area (Å²) < 4.78 is 16.3. The summed E-state index contributed by atoms with van der Waals surface area (Å²) in [7, 11) is 0. The van der Waals surface area contributed by atoms with Gasteiger partial charge in [0.25, 0.3) is 0 Å². The summed E-state index contributed by atoms with van der Waals surface area (Å²) in [6.07, 6.45) is 12.3. The van der Waals surface area contributed by atoms with Gasteiger partial charge in [0, 0.05) is 18.2 Å². The lowest BCUT2D eigenvalue weighted by Crippen LogP contribution is -2.34. The highest BCUT2D eigenvalue weighted by Gasteiger charge is 2.26. The van der Waals surface area contributed by atoms with Gasteiger partial charge in [-0.2, -0.15) is 5.10 Å². The first-order valence-electron chi connectivity index (χ1n) is 10.2. The van der Waals surface area contributed by atoms with Gasteiger partial charge >= 0.3 is 0 Å². The number of rotatable bonds is 5. The number of anilines is 1. The average molecular weight is 386 g/mol. The minimum absolute atomic E-state index is 0.0596. The molecular weight excluding hydrogens is 359 g/mol. The van der Waals surface area contributed by atoms with E-state index in [0.717, 1.165) is 32.1 Å². The molecule has 2 fully saturated rings. The Bertz CT molecular complexity index is 832. The van der Waals surface area contributed by atoms with E-state index >= 15 is 0 Å². The number of nitrogens with zero attached hydrogens (tertiary/aromatic N) is 4. The molecule has 4 rings (SSSR count). The maximum atomic E-state index is 14.4. The Kier molecular flexibility index (Phi) is 5.54. The van der Waals surface area contributed by atoms with Crippen molar-refractivity contribution in [3.05, 3.63) is 24.3 Å². The molecule has 0 saturated heterocycles. The summed E-state index contributed by atoms with van der Waals surface area (Å²) in [6.45, 7) is 0. The molecule has 2 aromatic rings. The highest BCUT2D eigenvalue weighted by Crippen LogP contribution is 2.30. The summed E-state index contributed by atoms with van der Waals surface area (Å²) in [4.78, 5) is 19.9. The van der Waals surface area contributed by atoms with Gasteiger partial charge in [-0.15, -0.1) is 0 Å². The number of nitrogens with two attached hydrogens (primary N) is 1. The molecule has 0 radical (unpaired) electrons. The van der Waals surface area contributed by atoms with E-state index in [4.69, 9.17) is 5.73 Å². The molecule has 0 aliphatic heterocycles. The summed E-state index contributed by atoms with van der Waals surface area (Å²) in [5.41, 5.74) is 6.17. The van der Waals surface area contributed by atoms with Gasteiger partial charge in [-0.05, 0) is 38.2 Å². The van der Waals surface area contributed by atoms with Crippen molar-refractivity contribution in [2.75, 3.05) is 5.32 Å². The molecular formula is C20H27FN6O. The summed E-state index contributed by atoms with van der Waals surface area (Å²) >= 11 is 0. The largest absolute Gasteiger partial charge is 0.369 e. The summed E-state index contributed by atoms with van der Waals surface area (Å²) in [5, 5.41) is 7.83. The van der Waals surface area contributed by atoms with Crippen molar-refractivity contribution in [2.45, 2.75) is 69.9 Å². The Morgan fingerprint density at radius 1 is 1.18 bits per heavy atom. The van der Waals surface area contributed by atoms with E-state index in [2.05, 4.69) is 20.4 Å². The van der Waals surface area contributed by atoms with Crippen molar-refractivity contribution in [3.63, 3.8) is 0 Å². The van der Waals surface area contributed by atoms with Crippen molar-refractivity contribution >= 4 is 11.9 Å². The van der Waals surface area contributed by atoms with Gasteiger partial charge in [-0.1, -0.05) is 25.7 Å². The molecule has 2 heterocycles. The molecule has 7 nitrogen and oxygen atoms in total. The fourth-order valence-corrected chi connectivity index (χ4v) is 4.39. The Labute approximate surface area is 163 Å². The zero-order valence-corrected chi connectivity index (χ0v) is 16.0. The van der Waals surface area contributed by atoms with Gasteiger partial charge in [0.05, 0.1) is 12.2 Å². The second kappa shape index (κ2) is 8.24. The lowest BCUT2D eigenvalue weighted by molar-refractivity contribution is -0.122. The van der Waals surface area contributed by atoms with Gasteiger partial charge in [0.1, 0.15) is 11.4 Å². The van der Waals surface area contributed by atoms with Crippen LogP contribution in [0.15, 0.2) is 18.5 Å². The standard InChI is InChI=1S/C20H27FN6O/c21-16-12-23-20(24-14-6-4-5-13(11-14)19(22)28)25-18(16)17-9-10-27(26-17)15-7-2-1-3-8-15/h9-10,12-15H,1-8,11H2,(H2,22,28)(H,23,24,25). The highest BCUT2D eigenvalue weighted by molar-refractivity contribution is 5.76. The zero-order chi connectivity index (χ0) is 19.5. The lowest BCUT2D eigenvalue weighted by atomic mass is 9.85. The SMILES string of the molecule is NC(=O)C1CCCC(Nc2ncc(F)c(-c3ccn(C4CCCCC4)n3)n2)C1. The Morgan fingerprint density at radius 3 is 2.79 bits per heavy atom. The van der Waals surface area contributed by atoms with E-state index in [0.29, 0.717) is 24.1 Å². The molecule has 0 aromatic carbocycles. The Hall–Kier alpha value is -2.51. The molecule has 8 heteroatoms. The number of carbonyl (C=O) groups excluding carboxylic acids is 1. The molecule has 150 valence electrons. The van der Waals surface area contributed by atoms with Crippen LogP contribution in [-0.4, -0.2) is 31.7 Å². The highest BCUT2D eigenvalue weighted by atomic mass is 19.1. The third-order valence-corrected chi connectivity index (χ3v) is 5.95. The van der Waals surface area contributed by atoms with Crippen molar-refractivity contribution in [3.8, 4) is 11.4 Å². The molecule has 2 saturated carbocycles. The van der Waals surface area contributed by atoms with E-state index in [-0.39, 0.29) is 23.6 Å². The fraction of sp³-hybridized carbons (Fsp3) is 0.600. The topological polar surface area (TPSA) is 98.7 Å². The van der Waals surface area contributed by atoms with E-state index in [1.807, 2.05) is 16.9 Å². The van der Waals surface area contributed by atoms with Gasteiger partial charge < -0.3 is 11.1 Å². The van der Waals surface area contributed by atoms with Crippen LogP contribution in [0.4, 0.5) is 10.3 Å². The molecule has 28 heavy (non-hydrogen) atoms.